The lowest BCUT2D eigenvalue weighted by Crippen LogP contribution is -2.27. The Morgan fingerprint density at radius 1 is 1.09 bits per heavy atom. The quantitative estimate of drug-likeness (QED) is 0.449. The number of aryl methyl sites for hydroxylation is 1. The van der Waals surface area contributed by atoms with Gasteiger partial charge in [-0.2, -0.15) is 0 Å². The Morgan fingerprint density at radius 2 is 1.77 bits per heavy atom. The molecule has 118 valence electrons. The molecule has 0 unspecified atom stereocenters. The second-order valence-electron chi connectivity index (χ2n) is 5.95. The van der Waals surface area contributed by atoms with E-state index in [0.717, 1.165) is 5.69 Å². The van der Waals surface area contributed by atoms with E-state index in [1.54, 1.807) is 0 Å². The predicted octanol–water partition coefficient (Wildman–Crippen LogP) is 4.32. The first kappa shape index (κ1) is 18.5. The standard InChI is InChI=1S/C18H23N3.HI/c1-14-8-7-11-16(12-14)21-17(19)20-13-18(2,3)15-9-5-4-6-10-15;/h4-12H,13H2,1-3H3,(H3,19,20,21);1H. The number of guanidine groups is 1. The topological polar surface area (TPSA) is 50.4 Å². The van der Waals surface area contributed by atoms with E-state index < -0.39 is 0 Å². The molecule has 22 heavy (non-hydrogen) atoms. The minimum absolute atomic E-state index is 0. The van der Waals surface area contributed by atoms with E-state index >= 15 is 0 Å². The van der Waals surface area contributed by atoms with E-state index in [0.29, 0.717) is 12.5 Å². The summed E-state index contributed by atoms with van der Waals surface area (Å²) in [4.78, 5) is 4.48. The third-order valence-electron chi connectivity index (χ3n) is 3.49. The van der Waals surface area contributed by atoms with Gasteiger partial charge in [0.05, 0.1) is 6.54 Å². The van der Waals surface area contributed by atoms with Crippen molar-refractivity contribution in [1.82, 2.24) is 0 Å². The number of nitrogens with two attached hydrogens (primary N) is 1. The first-order chi connectivity index (χ1) is 9.97. The van der Waals surface area contributed by atoms with Gasteiger partial charge in [-0.1, -0.05) is 56.3 Å². The van der Waals surface area contributed by atoms with Crippen molar-refractivity contribution < 1.29 is 0 Å². The van der Waals surface area contributed by atoms with Crippen LogP contribution in [0.25, 0.3) is 0 Å². The third kappa shape index (κ3) is 5.33. The molecule has 3 nitrogen and oxygen atoms in total. The van der Waals surface area contributed by atoms with Gasteiger partial charge in [-0.25, -0.2) is 0 Å². The van der Waals surface area contributed by atoms with Crippen LogP contribution < -0.4 is 11.1 Å². The lowest BCUT2D eigenvalue weighted by atomic mass is 9.85. The SMILES string of the molecule is Cc1cccc(NC(N)=NCC(C)(C)c2ccccc2)c1.I. The van der Waals surface area contributed by atoms with E-state index in [-0.39, 0.29) is 29.4 Å². The van der Waals surface area contributed by atoms with Gasteiger partial charge in [-0.05, 0) is 30.2 Å². The van der Waals surface area contributed by atoms with Crippen molar-refractivity contribution in [1.29, 1.82) is 0 Å². The molecule has 2 aromatic carbocycles. The van der Waals surface area contributed by atoms with Crippen molar-refractivity contribution in [2.24, 2.45) is 10.7 Å². The summed E-state index contributed by atoms with van der Waals surface area (Å²) < 4.78 is 0. The molecule has 0 amide bonds. The molecular weight excluding hydrogens is 385 g/mol. The van der Waals surface area contributed by atoms with Crippen LogP contribution in [0.15, 0.2) is 59.6 Å². The maximum atomic E-state index is 5.98. The van der Waals surface area contributed by atoms with Crippen molar-refractivity contribution in [3.8, 4) is 0 Å². The van der Waals surface area contributed by atoms with Gasteiger partial charge in [0.25, 0.3) is 0 Å². The maximum absolute atomic E-state index is 5.98. The summed E-state index contributed by atoms with van der Waals surface area (Å²) in [5.41, 5.74) is 9.36. The van der Waals surface area contributed by atoms with Crippen LogP contribution in [0, 0.1) is 6.92 Å². The zero-order valence-electron chi connectivity index (χ0n) is 13.3. The zero-order chi connectivity index (χ0) is 15.3. The highest BCUT2D eigenvalue weighted by Crippen LogP contribution is 2.23. The van der Waals surface area contributed by atoms with Gasteiger partial charge >= 0.3 is 0 Å². The van der Waals surface area contributed by atoms with Crippen molar-refractivity contribution in [3.63, 3.8) is 0 Å². The van der Waals surface area contributed by atoms with Gasteiger partial charge in [0, 0.05) is 11.1 Å². The number of aliphatic imine (C=N–C) groups is 1. The van der Waals surface area contributed by atoms with Crippen LogP contribution in [0.1, 0.15) is 25.0 Å². The second-order valence-corrected chi connectivity index (χ2v) is 5.95. The Kier molecular flexibility index (Phi) is 6.87. The average molecular weight is 409 g/mol. The number of anilines is 1. The van der Waals surface area contributed by atoms with Gasteiger partial charge in [0.1, 0.15) is 0 Å². The third-order valence-corrected chi connectivity index (χ3v) is 3.49. The Hall–Kier alpha value is -1.56. The molecule has 0 radical (unpaired) electrons. The fourth-order valence-corrected chi connectivity index (χ4v) is 2.17. The monoisotopic (exact) mass is 409 g/mol. The number of hydrogen-bond acceptors (Lipinski definition) is 1. The number of nitrogens with one attached hydrogen (secondary N) is 1. The van der Waals surface area contributed by atoms with E-state index in [1.165, 1.54) is 11.1 Å². The second kappa shape index (κ2) is 8.17. The molecule has 0 heterocycles. The van der Waals surface area contributed by atoms with Crippen LogP contribution >= 0.6 is 24.0 Å². The highest BCUT2D eigenvalue weighted by molar-refractivity contribution is 14.0. The number of hydrogen-bond donors (Lipinski definition) is 2. The molecule has 0 bridgehead atoms. The van der Waals surface area contributed by atoms with E-state index in [4.69, 9.17) is 5.73 Å². The molecule has 2 rings (SSSR count). The van der Waals surface area contributed by atoms with Crippen LogP contribution in [0.3, 0.4) is 0 Å². The molecule has 3 N–H and O–H groups in total. The summed E-state index contributed by atoms with van der Waals surface area (Å²) in [6, 6.07) is 18.5. The Morgan fingerprint density at radius 3 is 2.41 bits per heavy atom. The molecule has 4 heteroatoms. The average Bonchev–Trinajstić information content (AvgIpc) is 2.46. The molecule has 0 fully saturated rings. The van der Waals surface area contributed by atoms with Gasteiger partial charge in [0.15, 0.2) is 5.96 Å². The molecular formula is C18H24IN3. The largest absolute Gasteiger partial charge is 0.370 e. The number of rotatable bonds is 4. The molecule has 0 saturated heterocycles. The Labute approximate surface area is 150 Å². The summed E-state index contributed by atoms with van der Waals surface area (Å²) in [6.45, 7) is 7.04. The maximum Gasteiger partial charge on any atom is 0.193 e. The summed E-state index contributed by atoms with van der Waals surface area (Å²) in [6.07, 6.45) is 0. The zero-order valence-corrected chi connectivity index (χ0v) is 15.7. The van der Waals surface area contributed by atoms with Gasteiger partial charge in [-0.15, -0.1) is 24.0 Å². The molecule has 0 aliphatic rings. The van der Waals surface area contributed by atoms with E-state index in [2.05, 4.69) is 61.4 Å². The lowest BCUT2D eigenvalue weighted by Gasteiger charge is -2.23. The van der Waals surface area contributed by atoms with Gasteiger partial charge < -0.3 is 11.1 Å². The van der Waals surface area contributed by atoms with Gasteiger partial charge in [0.2, 0.25) is 0 Å². The van der Waals surface area contributed by atoms with Crippen molar-refractivity contribution in [2.45, 2.75) is 26.2 Å². The van der Waals surface area contributed by atoms with Crippen LogP contribution in [0.2, 0.25) is 0 Å². The summed E-state index contributed by atoms with van der Waals surface area (Å²) in [5, 5.41) is 3.13. The first-order valence-corrected chi connectivity index (χ1v) is 7.16. The molecule has 0 aromatic heterocycles. The van der Waals surface area contributed by atoms with Crippen molar-refractivity contribution in [3.05, 3.63) is 65.7 Å². The lowest BCUT2D eigenvalue weighted by molar-refractivity contribution is 0.540. The van der Waals surface area contributed by atoms with E-state index in [1.807, 2.05) is 24.3 Å². The summed E-state index contributed by atoms with van der Waals surface area (Å²) in [5.74, 6) is 0.449. The fraction of sp³-hybridized carbons (Fsp3) is 0.278. The highest BCUT2D eigenvalue weighted by Gasteiger charge is 2.19. The van der Waals surface area contributed by atoms with Crippen molar-refractivity contribution in [2.75, 3.05) is 11.9 Å². The van der Waals surface area contributed by atoms with E-state index in [9.17, 15) is 0 Å². The van der Waals surface area contributed by atoms with Crippen LogP contribution in [0.5, 0.6) is 0 Å². The summed E-state index contributed by atoms with van der Waals surface area (Å²) in [7, 11) is 0. The Balaban J connectivity index is 0.00000242. The molecule has 0 aliphatic heterocycles. The smallest absolute Gasteiger partial charge is 0.193 e. The van der Waals surface area contributed by atoms with Crippen molar-refractivity contribution >= 4 is 35.6 Å². The number of benzene rings is 2. The number of halogens is 1. The van der Waals surface area contributed by atoms with Crippen LogP contribution in [0.4, 0.5) is 5.69 Å². The van der Waals surface area contributed by atoms with Crippen LogP contribution in [-0.4, -0.2) is 12.5 Å². The normalized spacial score (nSPS) is 11.7. The molecule has 0 saturated carbocycles. The summed E-state index contributed by atoms with van der Waals surface area (Å²) >= 11 is 0. The highest BCUT2D eigenvalue weighted by atomic mass is 127. The number of nitrogens with zero attached hydrogens (tertiary/aromatic N) is 1. The minimum Gasteiger partial charge on any atom is -0.370 e. The van der Waals surface area contributed by atoms with Crippen LogP contribution in [-0.2, 0) is 5.41 Å². The molecule has 2 aromatic rings. The molecule has 0 spiro atoms. The first-order valence-electron chi connectivity index (χ1n) is 7.16. The predicted molar refractivity (Wildman–Crippen MR) is 106 cm³/mol. The van der Waals surface area contributed by atoms with Gasteiger partial charge in [-0.3, -0.25) is 4.99 Å². The minimum atomic E-state index is -0.0415. The molecule has 0 atom stereocenters. The molecule has 0 aliphatic carbocycles. The Bertz CT molecular complexity index is 621. The fourth-order valence-electron chi connectivity index (χ4n) is 2.17.